The van der Waals surface area contributed by atoms with Crippen molar-refractivity contribution in [1.82, 2.24) is 18.8 Å². The molecular formula is C49H56Br2N6O8. The first-order chi connectivity index (χ1) is 31.1. The largest absolute Gasteiger partial charge is 0.465 e. The number of halogens is 2. The second kappa shape index (κ2) is 20.9. The van der Waals surface area contributed by atoms with E-state index in [4.69, 9.17) is 28.7 Å². The number of methoxy groups -OCH3 is 2. The van der Waals surface area contributed by atoms with E-state index < -0.39 is 11.7 Å². The van der Waals surface area contributed by atoms with E-state index in [-0.39, 0.29) is 11.9 Å². The summed E-state index contributed by atoms with van der Waals surface area (Å²) in [5.74, 6) is 0.219. The Morgan fingerprint density at radius 3 is 1.74 bits per heavy atom. The van der Waals surface area contributed by atoms with Crippen molar-refractivity contribution in [2.45, 2.75) is 65.9 Å². The fourth-order valence-corrected chi connectivity index (χ4v) is 9.01. The molecule has 16 heteroatoms. The van der Waals surface area contributed by atoms with Crippen LogP contribution in [0.2, 0.25) is 0 Å². The number of ether oxygens (including phenoxy) is 5. The van der Waals surface area contributed by atoms with Crippen LogP contribution in [-0.2, 0) is 23.7 Å². The number of aromatic nitrogens is 4. The molecule has 2 aliphatic heterocycles. The Hall–Kier alpha value is -5.29. The minimum Gasteiger partial charge on any atom is -0.465 e. The van der Waals surface area contributed by atoms with E-state index in [0.29, 0.717) is 54.1 Å². The highest BCUT2D eigenvalue weighted by molar-refractivity contribution is 9.10. The highest BCUT2D eigenvalue weighted by Crippen LogP contribution is 2.34. The van der Waals surface area contributed by atoms with E-state index in [9.17, 15) is 14.4 Å². The molecule has 0 bridgehead atoms. The molecule has 8 rings (SSSR count). The zero-order chi connectivity index (χ0) is 46.4. The zero-order valence-corrected chi connectivity index (χ0v) is 41.1. The second-order valence-electron chi connectivity index (χ2n) is 17.4. The van der Waals surface area contributed by atoms with Gasteiger partial charge in [-0.2, -0.15) is 0 Å². The van der Waals surface area contributed by atoms with E-state index in [1.54, 1.807) is 23.2 Å². The van der Waals surface area contributed by atoms with E-state index in [2.05, 4.69) is 52.6 Å². The number of pyridine rings is 2. The highest BCUT2D eigenvalue weighted by atomic mass is 79.9. The number of hydrogen-bond acceptors (Lipinski definition) is 11. The number of esters is 2. The average Bonchev–Trinajstić information content (AvgIpc) is 3.91. The summed E-state index contributed by atoms with van der Waals surface area (Å²) in [4.78, 5) is 48.4. The number of imidazole rings is 2. The van der Waals surface area contributed by atoms with Crippen LogP contribution >= 0.6 is 31.9 Å². The maximum absolute atomic E-state index is 13.4. The van der Waals surface area contributed by atoms with Gasteiger partial charge in [0.1, 0.15) is 5.60 Å². The Morgan fingerprint density at radius 1 is 0.738 bits per heavy atom. The Bertz CT molecular complexity index is 2680. The fourth-order valence-electron chi connectivity index (χ4n) is 8.15. The molecule has 6 aromatic rings. The molecule has 65 heavy (non-hydrogen) atoms. The van der Waals surface area contributed by atoms with Crippen molar-refractivity contribution >= 4 is 72.6 Å². The lowest BCUT2D eigenvalue weighted by Crippen LogP contribution is -2.41. The molecule has 0 unspecified atom stereocenters. The minimum absolute atomic E-state index is 0.299. The Balaban J connectivity index is 0.000000198. The summed E-state index contributed by atoms with van der Waals surface area (Å²) >= 11 is 7.25. The average molecular weight is 1020 g/mol. The summed E-state index contributed by atoms with van der Waals surface area (Å²) in [5, 5.41) is 3.58. The SMILES string of the molecule is COC(=O)c1ccc(-c2cnc3c(N(CC4CCOCC4)C(=O)OC(C)(C)C)cc(Br)cn23)cc1C.COC(=O)c1ccc(-c2cnc3c(NCC4CCOCC4)cc(Br)cn23)cc1C. The smallest absolute Gasteiger partial charge is 0.414 e. The van der Waals surface area contributed by atoms with Gasteiger partial charge in [0.05, 0.1) is 60.5 Å². The number of benzene rings is 2. The van der Waals surface area contributed by atoms with E-state index >= 15 is 0 Å². The molecule has 0 saturated carbocycles. The molecule has 2 saturated heterocycles. The number of anilines is 2. The van der Waals surface area contributed by atoms with Crippen molar-refractivity contribution in [3.63, 3.8) is 0 Å². The van der Waals surface area contributed by atoms with Crippen LogP contribution < -0.4 is 10.2 Å². The van der Waals surface area contributed by atoms with Gasteiger partial charge in [0.15, 0.2) is 11.3 Å². The number of hydrogen-bond donors (Lipinski definition) is 1. The molecule has 6 heterocycles. The summed E-state index contributed by atoms with van der Waals surface area (Å²) in [6, 6.07) is 15.3. The van der Waals surface area contributed by atoms with Gasteiger partial charge in [0, 0.05) is 72.0 Å². The molecule has 1 N–H and O–H groups in total. The fraction of sp³-hybridized carbons (Fsp3) is 0.408. The highest BCUT2D eigenvalue weighted by Gasteiger charge is 2.30. The molecule has 0 atom stereocenters. The van der Waals surface area contributed by atoms with E-state index in [1.165, 1.54) is 14.2 Å². The predicted octanol–water partition coefficient (Wildman–Crippen LogP) is 10.7. The number of carbonyl (C=O) groups excluding carboxylic acids is 3. The van der Waals surface area contributed by atoms with Crippen LogP contribution in [0.4, 0.5) is 16.2 Å². The third-order valence-electron chi connectivity index (χ3n) is 11.6. The number of aryl methyl sites for hydroxylation is 2. The molecular weight excluding hydrogens is 960 g/mol. The summed E-state index contributed by atoms with van der Waals surface area (Å²) in [7, 11) is 2.77. The van der Waals surface area contributed by atoms with E-state index in [1.807, 2.05) is 87.9 Å². The number of amides is 1. The molecule has 0 spiro atoms. The van der Waals surface area contributed by atoms with Gasteiger partial charge in [-0.3, -0.25) is 13.7 Å². The van der Waals surface area contributed by atoms with Crippen LogP contribution in [0.1, 0.15) is 78.3 Å². The summed E-state index contributed by atoms with van der Waals surface area (Å²) < 4.78 is 32.3. The van der Waals surface area contributed by atoms with Crippen molar-refractivity contribution in [2.75, 3.05) is 64.0 Å². The van der Waals surface area contributed by atoms with Crippen molar-refractivity contribution in [3.8, 4) is 22.5 Å². The predicted molar refractivity (Wildman–Crippen MR) is 258 cm³/mol. The lowest BCUT2D eigenvalue weighted by Gasteiger charge is -2.32. The van der Waals surface area contributed by atoms with Crippen molar-refractivity contribution < 1.29 is 38.1 Å². The monoisotopic (exact) mass is 1010 g/mol. The van der Waals surface area contributed by atoms with Gasteiger partial charge in [-0.15, -0.1) is 0 Å². The van der Waals surface area contributed by atoms with Gasteiger partial charge in [-0.05, 0) is 152 Å². The van der Waals surface area contributed by atoms with Crippen molar-refractivity contribution in [2.24, 2.45) is 11.8 Å². The zero-order valence-electron chi connectivity index (χ0n) is 37.9. The number of nitrogens with one attached hydrogen (secondary N) is 1. The Morgan fingerprint density at radius 2 is 1.23 bits per heavy atom. The standard InChI is InChI=1S/C27H32BrN3O5.C22H24BrN3O3/c1-17-12-19(6-7-21(17)25(32)34-5)23-14-29-24-22(13-20(28)16-30(23)24)31(26(33)36-27(2,3)4)15-18-8-10-35-11-9-18;1-14-9-16(3-4-18(14)22(27)28-2)20-12-25-21-19(10-17(23)13-26(20)21)24-11-15-5-7-29-8-6-15/h6-7,12-14,16,18H,8-11,15H2,1-5H3;3-4,9-10,12-13,15,24H,5-8,11H2,1-2H3. The lowest BCUT2D eigenvalue weighted by molar-refractivity contribution is 0.0514. The Kier molecular flexibility index (Phi) is 15.3. The third-order valence-corrected chi connectivity index (χ3v) is 12.5. The number of carbonyl (C=O) groups is 3. The molecule has 2 fully saturated rings. The first-order valence-corrected chi connectivity index (χ1v) is 23.3. The van der Waals surface area contributed by atoms with Gasteiger partial charge in [-0.25, -0.2) is 24.4 Å². The topological polar surface area (TPSA) is 147 Å². The van der Waals surface area contributed by atoms with Gasteiger partial charge in [0.25, 0.3) is 0 Å². The maximum atomic E-state index is 13.4. The molecule has 2 aliphatic rings. The molecule has 344 valence electrons. The van der Waals surface area contributed by atoms with Gasteiger partial charge in [0.2, 0.25) is 0 Å². The number of nitrogens with zero attached hydrogens (tertiary/aromatic N) is 5. The quantitative estimate of drug-likeness (QED) is 0.103. The van der Waals surface area contributed by atoms with Crippen LogP contribution in [0.25, 0.3) is 33.8 Å². The normalized spacial score (nSPS) is 14.7. The van der Waals surface area contributed by atoms with Gasteiger partial charge < -0.3 is 29.0 Å². The first kappa shape index (κ1) is 47.7. The molecule has 0 aliphatic carbocycles. The van der Waals surface area contributed by atoms with Gasteiger partial charge >= 0.3 is 18.0 Å². The molecule has 1 amide bonds. The van der Waals surface area contributed by atoms with Crippen molar-refractivity contribution in [1.29, 1.82) is 0 Å². The van der Waals surface area contributed by atoms with Crippen LogP contribution in [0, 0.1) is 25.7 Å². The van der Waals surface area contributed by atoms with Gasteiger partial charge in [-0.1, -0.05) is 12.1 Å². The summed E-state index contributed by atoms with van der Waals surface area (Å²) in [5.41, 5.74) is 9.02. The van der Waals surface area contributed by atoms with Crippen molar-refractivity contribution in [3.05, 3.63) is 105 Å². The summed E-state index contributed by atoms with van der Waals surface area (Å²) in [6.45, 7) is 13.9. The first-order valence-electron chi connectivity index (χ1n) is 21.8. The maximum Gasteiger partial charge on any atom is 0.414 e. The van der Waals surface area contributed by atoms with Crippen LogP contribution in [0.3, 0.4) is 0 Å². The summed E-state index contributed by atoms with van der Waals surface area (Å²) in [6.07, 6.45) is 11.1. The van der Waals surface area contributed by atoms with Crippen LogP contribution in [-0.4, -0.2) is 96.1 Å². The van der Waals surface area contributed by atoms with Crippen LogP contribution in [0.5, 0.6) is 0 Å². The second-order valence-corrected chi connectivity index (χ2v) is 19.2. The number of rotatable bonds is 10. The van der Waals surface area contributed by atoms with Crippen LogP contribution in [0.15, 0.2) is 82.3 Å². The Labute approximate surface area is 396 Å². The molecule has 2 aromatic carbocycles. The molecule has 0 radical (unpaired) electrons. The number of fused-ring (bicyclic) bond motifs is 2. The lowest BCUT2D eigenvalue weighted by atomic mass is 9.99. The molecule has 4 aromatic heterocycles. The third kappa shape index (κ3) is 11.4. The molecule has 14 nitrogen and oxygen atoms in total. The van der Waals surface area contributed by atoms with E-state index in [0.717, 1.165) is 99.4 Å². The minimum atomic E-state index is -0.632.